The van der Waals surface area contributed by atoms with E-state index in [0.717, 1.165) is 23.9 Å². The molecule has 0 amide bonds. The van der Waals surface area contributed by atoms with Crippen LogP contribution in [0.15, 0.2) is 30.3 Å². The van der Waals surface area contributed by atoms with Crippen LogP contribution in [0.3, 0.4) is 0 Å². The zero-order chi connectivity index (χ0) is 21.8. The normalized spacial score (nSPS) is 10.2. The van der Waals surface area contributed by atoms with E-state index in [2.05, 4.69) is 31.0 Å². The number of benzene rings is 2. The number of halogens is 1. The molecule has 0 spiro atoms. The van der Waals surface area contributed by atoms with Gasteiger partial charge in [-0.15, -0.1) is 15.0 Å². The summed E-state index contributed by atoms with van der Waals surface area (Å²) in [4.78, 5) is 1.47. The van der Waals surface area contributed by atoms with Crippen LogP contribution in [0.5, 0.6) is 5.75 Å². The molecule has 0 aliphatic rings. The number of unbranched alkanes of at least 4 members (excludes halogenated alkanes) is 3. The molecule has 160 valence electrons. The van der Waals surface area contributed by atoms with Crippen molar-refractivity contribution in [1.29, 1.82) is 0 Å². The molecule has 0 saturated heterocycles. The van der Waals surface area contributed by atoms with Crippen LogP contribution in [0.4, 0.5) is 0 Å². The van der Waals surface area contributed by atoms with Gasteiger partial charge < -0.3 is 5.11 Å². The summed E-state index contributed by atoms with van der Waals surface area (Å²) in [5, 5.41) is 19.7. The standard InChI is InChI=1S/C16H16ClN3O.C6H14.C2H6/c1-3-4-11-7-10(2)16(21)15(8-11)20-18-13-6-5-12(17)9-14(13)19-20;1-3-5-6-4-2;1-2/h5-9,21H,3-4H2,1-2H3;3-6H2,1-2H3;1-2H3. The van der Waals surface area contributed by atoms with Gasteiger partial charge in [-0.3, -0.25) is 0 Å². The van der Waals surface area contributed by atoms with Crippen LogP contribution in [-0.4, -0.2) is 20.1 Å². The van der Waals surface area contributed by atoms with Crippen molar-refractivity contribution in [3.8, 4) is 11.4 Å². The lowest BCUT2D eigenvalue weighted by Crippen LogP contribution is -2.01. The third kappa shape index (κ3) is 7.36. The van der Waals surface area contributed by atoms with E-state index < -0.39 is 0 Å². The minimum Gasteiger partial charge on any atom is -0.505 e. The summed E-state index contributed by atoms with van der Waals surface area (Å²) >= 11 is 5.97. The molecule has 0 bridgehead atoms. The van der Waals surface area contributed by atoms with Crippen LogP contribution in [-0.2, 0) is 6.42 Å². The summed E-state index contributed by atoms with van der Waals surface area (Å²) < 4.78 is 0. The van der Waals surface area contributed by atoms with Gasteiger partial charge in [0, 0.05) is 5.02 Å². The SMILES string of the molecule is CC.CCCCCC.CCCc1cc(C)c(O)c(-n2nc3ccc(Cl)cc3n2)c1. The maximum atomic E-state index is 10.3. The van der Waals surface area contributed by atoms with Gasteiger partial charge >= 0.3 is 0 Å². The lowest BCUT2D eigenvalue weighted by Gasteiger charge is -2.09. The molecule has 0 aliphatic heterocycles. The highest BCUT2D eigenvalue weighted by atomic mass is 35.5. The number of nitrogens with zero attached hydrogens (tertiary/aromatic N) is 3. The molecule has 2 aromatic carbocycles. The Hall–Kier alpha value is -2.07. The molecule has 0 aliphatic carbocycles. The zero-order valence-corrected chi connectivity index (χ0v) is 19.6. The predicted octanol–water partition coefficient (Wildman–Crippen LogP) is 7.65. The molecule has 1 aromatic heterocycles. The van der Waals surface area contributed by atoms with Crippen LogP contribution in [0.25, 0.3) is 16.7 Å². The number of aromatic hydroxyl groups is 1. The maximum Gasteiger partial charge on any atom is 0.146 e. The Morgan fingerprint density at radius 2 is 1.52 bits per heavy atom. The number of hydrogen-bond acceptors (Lipinski definition) is 3. The molecule has 0 unspecified atom stereocenters. The minimum atomic E-state index is 0.209. The average Bonchev–Trinajstić information content (AvgIpc) is 3.14. The Labute approximate surface area is 180 Å². The zero-order valence-electron chi connectivity index (χ0n) is 18.8. The highest BCUT2D eigenvalue weighted by Crippen LogP contribution is 2.28. The van der Waals surface area contributed by atoms with Crippen LogP contribution >= 0.6 is 11.6 Å². The van der Waals surface area contributed by atoms with Gasteiger partial charge in [0.15, 0.2) is 0 Å². The largest absolute Gasteiger partial charge is 0.505 e. The van der Waals surface area contributed by atoms with Crippen molar-refractivity contribution in [2.45, 2.75) is 80.1 Å². The molecular weight excluding hydrogens is 382 g/mol. The lowest BCUT2D eigenvalue weighted by molar-refractivity contribution is 0.463. The molecule has 0 radical (unpaired) electrons. The van der Waals surface area contributed by atoms with Crippen LogP contribution < -0.4 is 0 Å². The number of aromatic nitrogens is 3. The van der Waals surface area contributed by atoms with E-state index in [-0.39, 0.29) is 5.75 Å². The Bertz CT molecular complexity index is 870. The number of phenolic OH excluding ortho intramolecular Hbond substituents is 1. The molecular formula is C24H36ClN3O. The smallest absolute Gasteiger partial charge is 0.146 e. The molecule has 0 saturated carbocycles. The first-order chi connectivity index (χ1) is 14.0. The lowest BCUT2D eigenvalue weighted by atomic mass is 10.1. The molecule has 0 fully saturated rings. The first-order valence-corrected chi connectivity index (χ1v) is 11.2. The van der Waals surface area contributed by atoms with E-state index in [1.807, 2.05) is 39.0 Å². The van der Waals surface area contributed by atoms with Crippen molar-refractivity contribution in [3.63, 3.8) is 0 Å². The first-order valence-electron chi connectivity index (χ1n) is 10.9. The van der Waals surface area contributed by atoms with Gasteiger partial charge in [-0.05, 0) is 48.7 Å². The fraction of sp³-hybridized carbons (Fsp3) is 0.500. The Balaban J connectivity index is 0.000000454. The van der Waals surface area contributed by atoms with Crippen molar-refractivity contribution in [1.82, 2.24) is 15.0 Å². The highest BCUT2D eigenvalue weighted by Gasteiger charge is 2.12. The molecule has 5 heteroatoms. The summed E-state index contributed by atoms with van der Waals surface area (Å²) in [5.41, 5.74) is 4.06. The van der Waals surface area contributed by atoms with E-state index in [9.17, 15) is 5.11 Å². The second-order valence-corrected chi connectivity index (χ2v) is 7.30. The Kier molecular flexibility index (Phi) is 11.4. The maximum absolute atomic E-state index is 10.3. The Morgan fingerprint density at radius 1 is 0.897 bits per heavy atom. The summed E-state index contributed by atoms with van der Waals surface area (Å²) in [7, 11) is 0. The molecule has 0 atom stereocenters. The monoisotopic (exact) mass is 417 g/mol. The number of rotatable bonds is 6. The average molecular weight is 418 g/mol. The van der Waals surface area contributed by atoms with Crippen LogP contribution in [0.2, 0.25) is 5.02 Å². The third-order valence-electron chi connectivity index (χ3n) is 4.39. The number of hydrogen-bond donors (Lipinski definition) is 1. The van der Waals surface area contributed by atoms with Crippen molar-refractivity contribution >= 4 is 22.6 Å². The number of aryl methyl sites for hydroxylation is 2. The number of phenols is 1. The fourth-order valence-corrected chi connectivity index (χ4v) is 3.08. The first kappa shape index (κ1) is 25.0. The topological polar surface area (TPSA) is 50.9 Å². The van der Waals surface area contributed by atoms with Crippen LogP contribution in [0, 0.1) is 6.92 Å². The van der Waals surface area contributed by atoms with E-state index in [4.69, 9.17) is 11.6 Å². The molecule has 3 aromatic rings. The van der Waals surface area contributed by atoms with Gasteiger partial charge in [0.1, 0.15) is 22.5 Å². The van der Waals surface area contributed by atoms with E-state index >= 15 is 0 Å². The van der Waals surface area contributed by atoms with Crippen molar-refractivity contribution in [2.24, 2.45) is 0 Å². The van der Waals surface area contributed by atoms with Crippen LogP contribution in [0.1, 0.15) is 77.8 Å². The van der Waals surface area contributed by atoms with E-state index in [1.54, 1.807) is 12.1 Å². The molecule has 1 N–H and O–H groups in total. The van der Waals surface area contributed by atoms with Gasteiger partial charge in [-0.1, -0.05) is 84.4 Å². The minimum absolute atomic E-state index is 0.209. The quantitative estimate of drug-likeness (QED) is 0.419. The Morgan fingerprint density at radius 3 is 2.10 bits per heavy atom. The van der Waals surface area contributed by atoms with Gasteiger partial charge in [-0.2, -0.15) is 0 Å². The summed E-state index contributed by atoms with van der Waals surface area (Å²) in [6.07, 6.45) is 7.54. The predicted molar refractivity (Wildman–Crippen MR) is 125 cm³/mol. The molecule has 29 heavy (non-hydrogen) atoms. The highest BCUT2D eigenvalue weighted by molar-refractivity contribution is 6.31. The van der Waals surface area contributed by atoms with Crippen molar-refractivity contribution in [2.75, 3.05) is 0 Å². The van der Waals surface area contributed by atoms with Gasteiger partial charge in [-0.25, -0.2) is 0 Å². The molecule has 4 nitrogen and oxygen atoms in total. The summed E-state index contributed by atoms with van der Waals surface area (Å²) in [6.45, 7) is 12.5. The van der Waals surface area contributed by atoms with Gasteiger partial charge in [0.2, 0.25) is 0 Å². The van der Waals surface area contributed by atoms with Crippen molar-refractivity contribution in [3.05, 3.63) is 46.5 Å². The second kappa shape index (κ2) is 13.2. The second-order valence-electron chi connectivity index (χ2n) is 6.86. The summed E-state index contributed by atoms with van der Waals surface area (Å²) in [5.74, 6) is 0.209. The number of fused-ring (bicyclic) bond motifs is 1. The van der Waals surface area contributed by atoms with Gasteiger partial charge in [0.05, 0.1) is 0 Å². The molecule has 3 rings (SSSR count). The molecule has 1 heterocycles. The summed E-state index contributed by atoms with van der Waals surface area (Å²) in [6, 6.07) is 9.30. The fourth-order valence-electron chi connectivity index (χ4n) is 2.92. The van der Waals surface area contributed by atoms with E-state index in [0.29, 0.717) is 16.2 Å². The van der Waals surface area contributed by atoms with Crippen molar-refractivity contribution < 1.29 is 5.11 Å². The van der Waals surface area contributed by atoms with E-state index in [1.165, 1.54) is 36.0 Å². The third-order valence-corrected chi connectivity index (χ3v) is 4.63. The van der Waals surface area contributed by atoms with Gasteiger partial charge in [0.25, 0.3) is 0 Å².